The quantitative estimate of drug-likeness (QED) is 0.696. The third-order valence-electron chi connectivity index (χ3n) is 1.82. The summed E-state index contributed by atoms with van der Waals surface area (Å²) in [5, 5.41) is 0. The second-order valence-electron chi connectivity index (χ2n) is 2.73. The molecule has 13 heavy (non-hydrogen) atoms. The molecule has 0 aliphatic carbocycles. The smallest absolute Gasteiger partial charge is 0.256 e. The van der Waals surface area contributed by atoms with Crippen LogP contribution in [0.5, 0.6) is 0 Å². The summed E-state index contributed by atoms with van der Waals surface area (Å²) in [5.74, 6) is 0. The minimum atomic E-state index is -0.195. The molecule has 0 fully saturated rings. The van der Waals surface area contributed by atoms with Crippen molar-refractivity contribution < 1.29 is 0 Å². The molecular weight excluding hydrogens is 162 g/mol. The number of aromatic nitrogens is 1. The average molecular weight is 170 g/mol. The van der Waals surface area contributed by atoms with E-state index in [1.54, 1.807) is 12.3 Å². The summed E-state index contributed by atoms with van der Waals surface area (Å²) in [6.07, 6.45) is 1.69. The third kappa shape index (κ3) is 1.67. The first-order valence-corrected chi connectivity index (χ1v) is 4.02. The lowest BCUT2D eigenvalue weighted by atomic mass is 10.1. The van der Waals surface area contributed by atoms with Gasteiger partial charge < -0.3 is 4.98 Å². The highest BCUT2D eigenvalue weighted by molar-refractivity contribution is 5.61. The van der Waals surface area contributed by atoms with Gasteiger partial charge in [-0.25, -0.2) is 0 Å². The fraction of sp³-hybridized carbons (Fsp3) is 0. The van der Waals surface area contributed by atoms with Crippen LogP contribution in [0.25, 0.3) is 11.1 Å². The van der Waals surface area contributed by atoms with Crippen LogP contribution in [0.4, 0.5) is 0 Å². The van der Waals surface area contributed by atoms with E-state index in [-0.39, 0.29) is 5.56 Å². The zero-order valence-corrected chi connectivity index (χ0v) is 6.95. The second kappa shape index (κ2) is 3.27. The van der Waals surface area contributed by atoms with Gasteiger partial charge in [0, 0.05) is 6.20 Å². The van der Waals surface area contributed by atoms with E-state index < -0.39 is 0 Å². The molecule has 2 rings (SSSR count). The number of benzene rings is 1. The number of nitrogens with one attached hydrogen (secondary N) is 1. The maximum absolute atomic E-state index is 10.7. The Balaban J connectivity index is 2.48. The van der Waals surface area contributed by atoms with Crippen molar-refractivity contribution in [3.63, 3.8) is 0 Å². The Morgan fingerprint density at radius 3 is 2.46 bits per heavy atom. The van der Waals surface area contributed by atoms with E-state index in [0.29, 0.717) is 0 Å². The van der Waals surface area contributed by atoms with Crippen LogP contribution in [0, 0.1) is 6.07 Å². The molecule has 1 aromatic heterocycles. The molecular formula is C11H8NO. The van der Waals surface area contributed by atoms with Crippen LogP contribution in [-0.4, -0.2) is 4.98 Å². The molecule has 1 N–H and O–H groups in total. The fourth-order valence-corrected chi connectivity index (χ4v) is 1.17. The molecule has 0 saturated carbocycles. The van der Waals surface area contributed by atoms with Crippen molar-refractivity contribution in [2.45, 2.75) is 0 Å². The molecule has 0 atom stereocenters. The molecule has 2 aromatic rings. The lowest BCUT2D eigenvalue weighted by molar-refractivity contribution is 1.23. The zero-order chi connectivity index (χ0) is 9.10. The highest BCUT2D eigenvalue weighted by Crippen LogP contribution is 2.15. The van der Waals surface area contributed by atoms with Crippen molar-refractivity contribution in [2.75, 3.05) is 0 Å². The molecule has 1 aromatic carbocycles. The normalized spacial score (nSPS) is 9.85. The predicted octanol–water partition coefficient (Wildman–Crippen LogP) is 1.84. The van der Waals surface area contributed by atoms with Crippen LogP contribution in [-0.2, 0) is 0 Å². The summed E-state index contributed by atoms with van der Waals surface area (Å²) < 4.78 is 0. The molecule has 0 saturated heterocycles. The first-order valence-electron chi connectivity index (χ1n) is 4.02. The van der Waals surface area contributed by atoms with Crippen LogP contribution in [0.1, 0.15) is 0 Å². The summed E-state index contributed by atoms with van der Waals surface area (Å²) in [7, 11) is 0. The lowest BCUT2D eigenvalue weighted by Gasteiger charge is -1.98. The van der Waals surface area contributed by atoms with Gasteiger partial charge in [-0.15, -0.1) is 0 Å². The van der Waals surface area contributed by atoms with Gasteiger partial charge in [0.05, 0.1) is 6.07 Å². The maximum Gasteiger partial charge on any atom is 0.256 e. The standard InChI is InChI=1S/C11H8NO/c13-11-7-6-10(8-12-11)9-4-2-1-3-5-9/h1-6,8H,(H,12,13). The van der Waals surface area contributed by atoms with E-state index in [4.69, 9.17) is 0 Å². The van der Waals surface area contributed by atoms with Crippen molar-refractivity contribution in [1.82, 2.24) is 4.98 Å². The van der Waals surface area contributed by atoms with E-state index in [0.717, 1.165) is 11.1 Å². The van der Waals surface area contributed by atoms with Crippen molar-refractivity contribution in [3.8, 4) is 11.1 Å². The van der Waals surface area contributed by atoms with E-state index in [1.807, 2.05) is 30.3 Å². The van der Waals surface area contributed by atoms with E-state index in [9.17, 15) is 4.79 Å². The Kier molecular flexibility index (Phi) is 1.96. The van der Waals surface area contributed by atoms with Crippen LogP contribution in [0.2, 0.25) is 0 Å². The van der Waals surface area contributed by atoms with Gasteiger partial charge in [-0.05, 0) is 17.2 Å². The van der Waals surface area contributed by atoms with Gasteiger partial charge in [-0.2, -0.15) is 0 Å². The number of pyridine rings is 1. The molecule has 2 heteroatoms. The molecule has 2 nitrogen and oxygen atoms in total. The average Bonchev–Trinajstić information content (AvgIpc) is 2.20. The number of hydrogen-bond acceptors (Lipinski definition) is 1. The highest BCUT2D eigenvalue weighted by Gasteiger charge is 1.94. The molecule has 0 amide bonds. The number of H-pyrrole nitrogens is 1. The first kappa shape index (κ1) is 7.80. The second-order valence-corrected chi connectivity index (χ2v) is 2.73. The first-order chi connectivity index (χ1) is 6.36. The van der Waals surface area contributed by atoms with Crippen molar-refractivity contribution in [3.05, 3.63) is 59.0 Å². The van der Waals surface area contributed by atoms with Crippen molar-refractivity contribution >= 4 is 0 Å². The lowest BCUT2D eigenvalue weighted by Crippen LogP contribution is -2.01. The zero-order valence-electron chi connectivity index (χ0n) is 6.95. The molecule has 63 valence electrons. The summed E-state index contributed by atoms with van der Waals surface area (Å²) in [6, 6.07) is 14.1. The molecule has 0 bridgehead atoms. The number of aromatic amines is 1. The van der Waals surface area contributed by atoms with Crippen LogP contribution in [0.3, 0.4) is 0 Å². The van der Waals surface area contributed by atoms with Crippen LogP contribution >= 0.6 is 0 Å². The van der Waals surface area contributed by atoms with E-state index in [1.165, 1.54) is 0 Å². The third-order valence-corrected chi connectivity index (χ3v) is 1.82. The molecule has 0 spiro atoms. The van der Waals surface area contributed by atoms with Gasteiger partial charge in [0.2, 0.25) is 0 Å². The summed E-state index contributed by atoms with van der Waals surface area (Å²) in [5.41, 5.74) is 1.86. The van der Waals surface area contributed by atoms with E-state index >= 15 is 0 Å². The number of hydrogen-bond donors (Lipinski definition) is 1. The Morgan fingerprint density at radius 1 is 1.08 bits per heavy atom. The Bertz CT molecular complexity index is 425. The van der Waals surface area contributed by atoms with Gasteiger partial charge in [0.1, 0.15) is 0 Å². The SMILES string of the molecule is O=c1[c]cc(-c2ccccc2)c[nH]1. The summed E-state index contributed by atoms with van der Waals surface area (Å²) in [4.78, 5) is 13.3. The largest absolute Gasteiger partial charge is 0.328 e. The molecule has 1 radical (unpaired) electrons. The maximum atomic E-state index is 10.7. The van der Waals surface area contributed by atoms with Gasteiger partial charge in [0.15, 0.2) is 0 Å². The Morgan fingerprint density at radius 2 is 1.85 bits per heavy atom. The van der Waals surface area contributed by atoms with Gasteiger partial charge >= 0.3 is 0 Å². The van der Waals surface area contributed by atoms with Gasteiger partial charge in [-0.1, -0.05) is 30.3 Å². The van der Waals surface area contributed by atoms with Crippen LogP contribution < -0.4 is 5.56 Å². The minimum Gasteiger partial charge on any atom is -0.328 e. The minimum absolute atomic E-state index is 0.195. The van der Waals surface area contributed by atoms with Crippen LogP contribution in [0.15, 0.2) is 47.4 Å². The molecule has 0 aliphatic rings. The predicted molar refractivity (Wildman–Crippen MR) is 51.3 cm³/mol. The van der Waals surface area contributed by atoms with Crippen molar-refractivity contribution in [2.24, 2.45) is 0 Å². The molecule has 1 heterocycles. The van der Waals surface area contributed by atoms with Gasteiger partial charge in [0.25, 0.3) is 5.56 Å². The Hall–Kier alpha value is -1.83. The molecule has 0 aliphatic heterocycles. The summed E-state index contributed by atoms with van der Waals surface area (Å²) >= 11 is 0. The fourth-order valence-electron chi connectivity index (χ4n) is 1.17. The molecule has 0 unspecified atom stereocenters. The van der Waals surface area contributed by atoms with Crippen molar-refractivity contribution in [1.29, 1.82) is 0 Å². The number of rotatable bonds is 1. The summed E-state index contributed by atoms with van der Waals surface area (Å²) in [6.45, 7) is 0. The monoisotopic (exact) mass is 170 g/mol. The van der Waals surface area contributed by atoms with Gasteiger partial charge in [-0.3, -0.25) is 4.79 Å². The Labute approximate surface area is 75.9 Å². The van der Waals surface area contributed by atoms with E-state index in [2.05, 4.69) is 11.1 Å². The highest BCUT2D eigenvalue weighted by atomic mass is 16.1. The topological polar surface area (TPSA) is 32.9 Å².